The topological polar surface area (TPSA) is 123 Å². The first-order valence-corrected chi connectivity index (χ1v) is 12.0. The number of rotatable bonds is 8. The van der Waals surface area contributed by atoms with Crippen LogP contribution in [0.2, 0.25) is 0 Å². The van der Waals surface area contributed by atoms with E-state index in [4.69, 9.17) is 9.15 Å². The fourth-order valence-corrected chi connectivity index (χ4v) is 4.19. The summed E-state index contributed by atoms with van der Waals surface area (Å²) in [5.41, 5.74) is 0.815. The van der Waals surface area contributed by atoms with Gasteiger partial charge in [0.15, 0.2) is 0 Å². The zero-order chi connectivity index (χ0) is 26.6. The molecule has 1 aliphatic rings. The molecule has 0 saturated carbocycles. The second-order valence-corrected chi connectivity index (χ2v) is 8.70. The van der Waals surface area contributed by atoms with E-state index in [1.165, 1.54) is 18.2 Å². The monoisotopic (exact) mass is 510 g/mol. The van der Waals surface area contributed by atoms with Gasteiger partial charge in [-0.25, -0.2) is 4.79 Å². The van der Waals surface area contributed by atoms with Gasteiger partial charge in [0.25, 0.3) is 17.7 Å². The molecular weight excluding hydrogens is 488 g/mol. The smallest absolute Gasteiger partial charge is 0.349 e. The largest absolute Gasteiger partial charge is 0.426 e. The Morgan fingerprint density at radius 1 is 0.842 bits per heavy atom. The average Bonchev–Trinajstić information content (AvgIpc) is 3.17. The number of hydrogen-bond acceptors (Lipinski definition) is 7. The van der Waals surface area contributed by atoms with Gasteiger partial charge >= 0.3 is 11.6 Å². The molecular formula is C29H22N2O7. The molecule has 1 aliphatic heterocycles. The molecule has 9 nitrogen and oxygen atoms in total. The van der Waals surface area contributed by atoms with Crippen LogP contribution in [-0.2, 0) is 11.3 Å². The molecule has 0 atom stereocenters. The Morgan fingerprint density at radius 2 is 1.53 bits per heavy atom. The van der Waals surface area contributed by atoms with Crippen molar-refractivity contribution >= 4 is 34.7 Å². The minimum atomic E-state index is -0.813. The number of amides is 3. The third-order valence-electron chi connectivity index (χ3n) is 6.12. The van der Waals surface area contributed by atoms with Gasteiger partial charge in [-0.1, -0.05) is 42.5 Å². The summed E-state index contributed by atoms with van der Waals surface area (Å²) in [6, 6.07) is 21.8. The summed E-state index contributed by atoms with van der Waals surface area (Å²) in [7, 11) is 0. The van der Waals surface area contributed by atoms with Gasteiger partial charge in [-0.15, -0.1) is 0 Å². The van der Waals surface area contributed by atoms with Crippen molar-refractivity contribution in [3.05, 3.63) is 112 Å². The highest BCUT2D eigenvalue weighted by Crippen LogP contribution is 2.24. The van der Waals surface area contributed by atoms with Gasteiger partial charge in [0.2, 0.25) is 0 Å². The van der Waals surface area contributed by atoms with E-state index in [1.54, 1.807) is 30.3 Å². The Hall–Kier alpha value is -5.05. The third-order valence-corrected chi connectivity index (χ3v) is 6.12. The molecule has 1 aromatic heterocycles. The van der Waals surface area contributed by atoms with E-state index in [0.717, 1.165) is 10.5 Å². The van der Waals surface area contributed by atoms with E-state index in [0.29, 0.717) is 16.5 Å². The van der Waals surface area contributed by atoms with E-state index in [1.807, 2.05) is 30.3 Å². The molecule has 3 aromatic carbocycles. The minimum absolute atomic E-state index is 0.0318. The maximum Gasteiger partial charge on any atom is 0.349 e. The van der Waals surface area contributed by atoms with Gasteiger partial charge in [-0.05, 0) is 42.3 Å². The van der Waals surface area contributed by atoms with Crippen LogP contribution in [0, 0.1) is 0 Å². The Bertz CT molecular complexity index is 1590. The van der Waals surface area contributed by atoms with Crippen LogP contribution < -0.4 is 15.7 Å². The van der Waals surface area contributed by atoms with Crippen LogP contribution >= 0.6 is 0 Å². The molecule has 190 valence electrons. The SMILES string of the molecule is O=C(CCCN1C(=O)c2ccccc2C1=O)Oc1ccc2cc(C(=O)NCc3ccccc3)c(=O)oc2c1. The Labute approximate surface area is 216 Å². The molecule has 0 spiro atoms. The summed E-state index contributed by atoms with van der Waals surface area (Å²) in [6.45, 7) is 0.349. The third kappa shape index (κ3) is 5.08. The van der Waals surface area contributed by atoms with Gasteiger partial charge in [-0.3, -0.25) is 24.1 Å². The summed E-state index contributed by atoms with van der Waals surface area (Å²) in [5, 5.41) is 3.18. The fourth-order valence-electron chi connectivity index (χ4n) is 4.19. The summed E-state index contributed by atoms with van der Waals surface area (Å²) in [5.74, 6) is -1.72. The Balaban J connectivity index is 1.18. The lowest BCUT2D eigenvalue weighted by molar-refractivity contribution is -0.134. The van der Waals surface area contributed by atoms with Crippen LogP contribution in [-0.4, -0.2) is 35.1 Å². The lowest BCUT2D eigenvalue weighted by atomic mass is 10.1. The maximum atomic E-state index is 12.5. The zero-order valence-corrected chi connectivity index (χ0v) is 20.1. The lowest BCUT2D eigenvalue weighted by Gasteiger charge is -2.13. The number of nitrogens with zero attached hydrogens (tertiary/aromatic N) is 1. The van der Waals surface area contributed by atoms with Crippen LogP contribution in [0.3, 0.4) is 0 Å². The lowest BCUT2D eigenvalue weighted by Crippen LogP contribution is -2.31. The first-order valence-electron chi connectivity index (χ1n) is 12.0. The van der Waals surface area contributed by atoms with Crippen molar-refractivity contribution in [1.29, 1.82) is 0 Å². The molecule has 0 fully saturated rings. The number of fused-ring (bicyclic) bond motifs is 2. The van der Waals surface area contributed by atoms with Crippen molar-refractivity contribution in [2.75, 3.05) is 6.54 Å². The standard InChI is InChI=1S/C29H22N2O7/c32-25(11-6-14-31-27(34)21-9-4-5-10-22(21)28(31)35)37-20-13-12-19-15-23(29(36)38-24(19)16-20)26(33)30-17-18-7-2-1-3-8-18/h1-5,7-10,12-13,15-16H,6,11,14,17H2,(H,30,33). The Morgan fingerprint density at radius 3 is 2.24 bits per heavy atom. The number of carbonyl (C=O) groups is 4. The number of imide groups is 1. The van der Waals surface area contributed by atoms with Gasteiger partial charge in [0.1, 0.15) is 16.9 Å². The second-order valence-electron chi connectivity index (χ2n) is 8.70. The molecule has 3 amide bonds. The van der Waals surface area contributed by atoms with Crippen LogP contribution in [0.25, 0.3) is 11.0 Å². The first-order chi connectivity index (χ1) is 18.4. The van der Waals surface area contributed by atoms with Crippen molar-refractivity contribution < 1.29 is 28.3 Å². The zero-order valence-electron chi connectivity index (χ0n) is 20.1. The number of nitrogens with one attached hydrogen (secondary N) is 1. The van der Waals surface area contributed by atoms with Crippen molar-refractivity contribution in [1.82, 2.24) is 10.2 Å². The van der Waals surface area contributed by atoms with Crippen molar-refractivity contribution in [2.24, 2.45) is 0 Å². The highest BCUT2D eigenvalue weighted by Gasteiger charge is 2.34. The summed E-state index contributed by atoms with van der Waals surface area (Å²) in [4.78, 5) is 63.2. The number of ether oxygens (including phenoxy) is 1. The molecule has 0 unspecified atom stereocenters. The first kappa shape index (κ1) is 24.6. The van der Waals surface area contributed by atoms with Gasteiger partial charge in [0.05, 0.1) is 11.1 Å². The van der Waals surface area contributed by atoms with Crippen molar-refractivity contribution in [3.63, 3.8) is 0 Å². The molecule has 5 rings (SSSR count). The number of benzene rings is 3. The van der Waals surface area contributed by atoms with Crippen LogP contribution in [0.5, 0.6) is 5.75 Å². The average molecular weight is 511 g/mol. The van der Waals surface area contributed by atoms with E-state index in [-0.39, 0.29) is 54.6 Å². The molecule has 0 aliphatic carbocycles. The second kappa shape index (κ2) is 10.5. The van der Waals surface area contributed by atoms with Gasteiger partial charge < -0.3 is 14.5 Å². The summed E-state index contributed by atoms with van der Waals surface area (Å²) in [6.07, 6.45) is 0.199. The van der Waals surface area contributed by atoms with Crippen LogP contribution in [0.1, 0.15) is 49.5 Å². The van der Waals surface area contributed by atoms with E-state index in [2.05, 4.69) is 5.32 Å². The minimum Gasteiger partial charge on any atom is -0.426 e. The van der Waals surface area contributed by atoms with Crippen molar-refractivity contribution in [3.8, 4) is 5.75 Å². The van der Waals surface area contributed by atoms with E-state index >= 15 is 0 Å². The normalized spacial score (nSPS) is 12.5. The predicted octanol–water partition coefficient (Wildman–Crippen LogP) is 3.70. The highest BCUT2D eigenvalue weighted by molar-refractivity contribution is 6.21. The van der Waals surface area contributed by atoms with E-state index in [9.17, 15) is 24.0 Å². The number of esters is 1. The molecule has 0 bridgehead atoms. The quantitative estimate of drug-likeness (QED) is 0.166. The number of hydrogen-bond donors (Lipinski definition) is 1. The molecule has 38 heavy (non-hydrogen) atoms. The van der Waals surface area contributed by atoms with E-state index < -0.39 is 17.5 Å². The molecule has 0 saturated heterocycles. The Kier molecular flexibility index (Phi) is 6.82. The fraction of sp³-hybridized carbons (Fsp3) is 0.138. The molecule has 4 aromatic rings. The maximum absolute atomic E-state index is 12.5. The summed E-state index contributed by atoms with van der Waals surface area (Å²) < 4.78 is 10.6. The summed E-state index contributed by atoms with van der Waals surface area (Å²) >= 11 is 0. The highest BCUT2D eigenvalue weighted by atomic mass is 16.5. The van der Waals surface area contributed by atoms with Crippen LogP contribution in [0.15, 0.2) is 88.1 Å². The molecule has 2 heterocycles. The van der Waals surface area contributed by atoms with Gasteiger partial charge in [0, 0.05) is 31.0 Å². The molecule has 0 radical (unpaired) electrons. The van der Waals surface area contributed by atoms with Crippen molar-refractivity contribution in [2.45, 2.75) is 19.4 Å². The molecule has 9 heteroatoms. The molecule has 1 N–H and O–H groups in total. The van der Waals surface area contributed by atoms with Gasteiger partial charge in [-0.2, -0.15) is 0 Å². The van der Waals surface area contributed by atoms with Crippen LogP contribution in [0.4, 0.5) is 0 Å². The number of carbonyl (C=O) groups excluding carboxylic acids is 4. The predicted molar refractivity (Wildman–Crippen MR) is 137 cm³/mol.